The molecule has 1 heterocycles. The van der Waals surface area contributed by atoms with Gasteiger partial charge in [-0.15, -0.1) is 11.8 Å². The van der Waals surface area contributed by atoms with E-state index in [0.717, 1.165) is 11.3 Å². The van der Waals surface area contributed by atoms with E-state index in [-0.39, 0.29) is 11.8 Å². The minimum atomic E-state index is -0.460. The molecule has 0 spiro atoms. The molecule has 1 aliphatic heterocycles. The van der Waals surface area contributed by atoms with Gasteiger partial charge in [-0.25, -0.2) is 0 Å². The third-order valence-electron chi connectivity index (χ3n) is 4.24. The largest absolute Gasteiger partial charge is 0.316 e. The second-order valence-corrected chi connectivity index (χ2v) is 7.47. The van der Waals surface area contributed by atoms with Crippen LogP contribution in [0.1, 0.15) is 15.9 Å². The molecule has 2 aromatic rings. The number of thioether (sulfide) groups is 1. The maximum absolute atomic E-state index is 13.0. The van der Waals surface area contributed by atoms with Gasteiger partial charge in [0, 0.05) is 29.1 Å². The fraction of sp³-hybridized carbons (Fsp3) is 0.263. The van der Waals surface area contributed by atoms with Crippen molar-refractivity contribution in [2.24, 2.45) is 0 Å². The summed E-state index contributed by atoms with van der Waals surface area (Å²) in [5, 5.41) is 0.583. The molecule has 0 N–H and O–H groups in total. The maximum atomic E-state index is 13.0. The van der Waals surface area contributed by atoms with E-state index < -0.39 is 6.04 Å². The normalized spacial score (nSPS) is 16.8. The topological polar surface area (TPSA) is 40.6 Å². The molecule has 3 rings (SSSR count). The number of hydrogen-bond donors (Lipinski definition) is 0. The molecule has 2 aromatic carbocycles. The number of benzene rings is 2. The van der Waals surface area contributed by atoms with Crippen molar-refractivity contribution < 1.29 is 9.59 Å². The average molecular weight is 375 g/mol. The first-order valence-electron chi connectivity index (χ1n) is 7.96. The smallest absolute Gasteiger partial charge is 0.255 e. The van der Waals surface area contributed by atoms with Crippen LogP contribution in [0.4, 0.5) is 5.69 Å². The molecule has 1 unspecified atom stereocenters. The lowest BCUT2D eigenvalue weighted by Gasteiger charge is -2.27. The van der Waals surface area contributed by atoms with Crippen molar-refractivity contribution in [3.8, 4) is 0 Å². The Hall–Kier alpha value is -1.98. The molecule has 2 amide bonds. The predicted molar refractivity (Wildman–Crippen MR) is 103 cm³/mol. The highest BCUT2D eigenvalue weighted by molar-refractivity contribution is 7.99. The molecule has 1 fully saturated rings. The predicted octanol–water partition coefficient (Wildman–Crippen LogP) is 3.83. The SMILES string of the molecule is Cc1cccc(N(C)C(=O)C2CSCN2C(=O)c2ccc(Cl)cc2)c1. The van der Waals surface area contributed by atoms with Crippen molar-refractivity contribution >= 4 is 40.9 Å². The standard InChI is InChI=1S/C19H19ClN2O2S/c1-13-4-3-5-16(10-13)21(2)19(24)17-11-25-12-22(17)18(23)14-6-8-15(20)9-7-14/h3-10,17H,11-12H2,1-2H3. The lowest BCUT2D eigenvalue weighted by molar-refractivity contribution is -0.121. The van der Waals surface area contributed by atoms with E-state index in [1.165, 1.54) is 0 Å². The Labute approximate surface area is 156 Å². The van der Waals surface area contributed by atoms with E-state index in [9.17, 15) is 9.59 Å². The van der Waals surface area contributed by atoms with Gasteiger partial charge in [0.1, 0.15) is 6.04 Å². The zero-order chi connectivity index (χ0) is 18.0. The summed E-state index contributed by atoms with van der Waals surface area (Å²) in [4.78, 5) is 29.0. The summed E-state index contributed by atoms with van der Waals surface area (Å²) in [7, 11) is 1.75. The molecule has 130 valence electrons. The second-order valence-electron chi connectivity index (χ2n) is 6.03. The first-order valence-corrected chi connectivity index (χ1v) is 9.49. The van der Waals surface area contributed by atoms with Gasteiger partial charge in [0.15, 0.2) is 0 Å². The summed E-state index contributed by atoms with van der Waals surface area (Å²) < 4.78 is 0. The number of amides is 2. The Kier molecular flexibility index (Phi) is 5.35. The van der Waals surface area contributed by atoms with Crippen molar-refractivity contribution in [2.45, 2.75) is 13.0 Å². The van der Waals surface area contributed by atoms with E-state index in [4.69, 9.17) is 11.6 Å². The van der Waals surface area contributed by atoms with Crippen molar-refractivity contribution in [2.75, 3.05) is 23.6 Å². The number of nitrogens with zero attached hydrogens (tertiary/aromatic N) is 2. The van der Waals surface area contributed by atoms with E-state index in [1.807, 2.05) is 31.2 Å². The highest BCUT2D eigenvalue weighted by Crippen LogP contribution is 2.26. The first kappa shape index (κ1) is 17.8. The molecular formula is C19H19ClN2O2S. The van der Waals surface area contributed by atoms with Gasteiger partial charge in [0.05, 0.1) is 5.88 Å². The molecule has 4 nitrogen and oxygen atoms in total. The quantitative estimate of drug-likeness (QED) is 0.819. The first-order chi connectivity index (χ1) is 12.0. The molecule has 0 aliphatic carbocycles. The minimum absolute atomic E-state index is 0.0714. The van der Waals surface area contributed by atoms with E-state index in [2.05, 4.69) is 0 Å². The summed E-state index contributed by atoms with van der Waals surface area (Å²) in [6.07, 6.45) is 0. The number of carbonyl (C=O) groups excluding carboxylic acids is 2. The number of anilines is 1. The van der Waals surface area contributed by atoms with Crippen LogP contribution in [0.25, 0.3) is 0 Å². The average Bonchev–Trinajstić information content (AvgIpc) is 3.10. The third-order valence-corrected chi connectivity index (χ3v) is 5.50. The third kappa shape index (κ3) is 3.83. The number of rotatable bonds is 3. The fourth-order valence-electron chi connectivity index (χ4n) is 2.79. The van der Waals surface area contributed by atoms with Gasteiger partial charge < -0.3 is 9.80 Å². The van der Waals surface area contributed by atoms with Crippen molar-refractivity contribution in [1.29, 1.82) is 0 Å². The van der Waals surface area contributed by atoms with Gasteiger partial charge in [0.2, 0.25) is 5.91 Å². The lowest BCUT2D eigenvalue weighted by Crippen LogP contribution is -2.48. The minimum Gasteiger partial charge on any atom is -0.316 e. The fourth-order valence-corrected chi connectivity index (χ4v) is 4.06. The molecular weight excluding hydrogens is 356 g/mol. The Morgan fingerprint density at radius 1 is 1.20 bits per heavy atom. The van der Waals surface area contributed by atoms with Gasteiger partial charge in [-0.2, -0.15) is 0 Å². The second kappa shape index (κ2) is 7.50. The monoisotopic (exact) mass is 374 g/mol. The number of hydrogen-bond acceptors (Lipinski definition) is 3. The highest BCUT2D eigenvalue weighted by Gasteiger charge is 2.36. The van der Waals surface area contributed by atoms with Crippen LogP contribution in [0.5, 0.6) is 0 Å². The van der Waals surface area contributed by atoms with Crippen LogP contribution in [-0.4, -0.2) is 41.4 Å². The van der Waals surface area contributed by atoms with Crippen LogP contribution >= 0.6 is 23.4 Å². The zero-order valence-corrected chi connectivity index (χ0v) is 15.7. The summed E-state index contributed by atoms with van der Waals surface area (Å²) in [6.45, 7) is 1.99. The molecule has 1 atom stereocenters. The molecule has 0 radical (unpaired) electrons. The Morgan fingerprint density at radius 2 is 1.92 bits per heavy atom. The van der Waals surface area contributed by atoms with Gasteiger partial charge in [-0.3, -0.25) is 9.59 Å². The van der Waals surface area contributed by atoms with Gasteiger partial charge >= 0.3 is 0 Å². The Morgan fingerprint density at radius 3 is 2.60 bits per heavy atom. The van der Waals surface area contributed by atoms with Gasteiger partial charge in [0.25, 0.3) is 5.91 Å². The van der Waals surface area contributed by atoms with Crippen LogP contribution in [0.2, 0.25) is 5.02 Å². The molecule has 25 heavy (non-hydrogen) atoms. The highest BCUT2D eigenvalue weighted by atomic mass is 35.5. The van der Waals surface area contributed by atoms with E-state index in [1.54, 1.807) is 52.9 Å². The lowest BCUT2D eigenvalue weighted by atomic mass is 10.1. The number of likely N-dealkylation sites (N-methyl/N-ethyl adjacent to an activating group) is 1. The van der Waals surface area contributed by atoms with Gasteiger partial charge in [-0.1, -0.05) is 23.7 Å². The molecule has 0 aromatic heterocycles. The van der Waals surface area contributed by atoms with Crippen LogP contribution in [-0.2, 0) is 4.79 Å². The Bertz CT molecular complexity index is 794. The summed E-state index contributed by atoms with van der Waals surface area (Å²) in [6, 6.07) is 14.1. The zero-order valence-electron chi connectivity index (χ0n) is 14.1. The van der Waals surface area contributed by atoms with Crippen LogP contribution in [0.15, 0.2) is 48.5 Å². The van der Waals surface area contributed by atoms with Crippen molar-refractivity contribution in [3.63, 3.8) is 0 Å². The van der Waals surface area contributed by atoms with Crippen molar-refractivity contribution in [1.82, 2.24) is 4.90 Å². The van der Waals surface area contributed by atoms with Gasteiger partial charge in [-0.05, 0) is 48.9 Å². The number of aryl methyl sites for hydroxylation is 1. The van der Waals surface area contributed by atoms with Crippen LogP contribution < -0.4 is 4.90 Å². The summed E-state index contributed by atoms with van der Waals surface area (Å²) >= 11 is 7.48. The summed E-state index contributed by atoms with van der Waals surface area (Å²) in [5.74, 6) is 0.906. The van der Waals surface area contributed by atoms with E-state index in [0.29, 0.717) is 22.2 Å². The molecule has 1 saturated heterocycles. The van der Waals surface area contributed by atoms with Crippen LogP contribution in [0, 0.1) is 6.92 Å². The van der Waals surface area contributed by atoms with Crippen molar-refractivity contribution in [3.05, 3.63) is 64.7 Å². The molecule has 0 bridgehead atoms. The number of halogens is 1. The molecule has 1 aliphatic rings. The van der Waals surface area contributed by atoms with E-state index >= 15 is 0 Å². The number of carbonyl (C=O) groups is 2. The Balaban J connectivity index is 1.79. The molecule has 0 saturated carbocycles. The summed E-state index contributed by atoms with van der Waals surface area (Å²) in [5.41, 5.74) is 2.47. The van der Waals surface area contributed by atoms with Crippen LogP contribution in [0.3, 0.4) is 0 Å². The molecule has 6 heteroatoms. The maximum Gasteiger partial charge on any atom is 0.255 e.